The van der Waals surface area contributed by atoms with Gasteiger partial charge >= 0.3 is 0 Å². The SMILES string of the molecule is CCC1OCCC1CNCc1ncc[nH]1. The molecule has 0 aromatic carbocycles. The number of hydrogen-bond donors (Lipinski definition) is 2. The number of ether oxygens (including phenoxy) is 1. The lowest BCUT2D eigenvalue weighted by molar-refractivity contribution is 0.0872. The first-order valence-corrected chi connectivity index (χ1v) is 5.70. The maximum absolute atomic E-state index is 5.64. The van der Waals surface area contributed by atoms with Crippen molar-refractivity contribution in [2.75, 3.05) is 13.2 Å². The van der Waals surface area contributed by atoms with Crippen molar-refractivity contribution >= 4 is 0 Å². The number of hydrogen-bond acceptors (Lipinski definition) is 3. The van der Waals surface area contributed by atoms with E-state index in [0.717, 1.165) is 31.9 Å². The Balaban J connectivity index is 1.69. The molecule has 4 heteroatoms. The summed E-state index contributed by atoms with van der Waals surface area (Å²) >= 11 is 0. The fourth-order valence-electron chi connectivity index (χ4n) is 2.15. The first-order valence-electron chi connectivity index (χ1n) is 5.70. The largest absolute Gasteiger partial charge is 0.378 e. The Morgan fingerprint density at radius 3 is 3.33 bits per heavy atom. The quantitative estimate of drug-likeness (QED) is 0.769. The lowest BCUT2D eigenvalue weighted by Gasteiger charge is -2.16. The summed E-state index contributed by atoms with van der Waals surface area (Å²) in [4.78, 5) is 7.25. The number of H-pyrrole nitrogens is 1. The van der Waals surface area contributed by atoms with E-state index in [1.807, 2.05) is 6.20 Å². The monoisotopic (exact) mass is 209 g/mol. The van der Waals surface area contributed by atoms with Crippen LogP contribution in [0.4, 0.5) is 0 Å². The van der Waals surface area contributed by atoms with Crippen molar-refractivity contribution in [1.29, 1.82) is 0 Å². The Kier molecular flexibility index (Phi) is 3.75. The third-order valence-electron chi connectivity index (χ3n) is 3.00. The molecular weight excluding hydrogens is 190 g/mol. The zero-order chi connectivity index (χ0) is 10.5. The molecule has 0 saturated carbocycles. The summed E-state index contributed by atoms with van der Waals surface area (Å²) in [6, 6.07) is 0. The molecule has 2 unspecified atom stereocenters. The van der Waals surface area contributed by atoms with Crippen LogP contribution in [0.1, 0.15) is 25.6 Å². The molecule has 0 radical (unpaired) electrons. The molecule has 1 aliphatic rings. The molecule has 1 fully saturated rings. The van der Waals surface area contributed by atoms with Crippen molar-refractivity contribution in [3.05, 3.63) is 18.2 Å². The molecule has 0 aliphatic carbocycles. The van der Waals surface area contributed by atoms with Crippen molar-refractivity contribution < 1.29 is 4.74 Å². The summed E-state index contributed by atoms with van der Waals surface area (Å²) < 4.78 is 5.64. The summed E-state index contributed by atoms with van der Waals surface area (Å²) in [6.45, 7) is 4.96. The highest BCUT2D eigenvalue weighted by Gasteiger charge is 2.25. The Morgan fingerprint density at radius 2 is 2.60 bits per heavy atom. The maximum atomic E-state index is 5.64. The molecule has 1 aliphatic heterocycles. The first-order chi connectivity index (χ1) is 7.40. The van der Waals surface area contributed by atoms with E-state index < -0.39 is 0 Å². The Bertz CT molecular complexity index is 273. The molecule has 2 heterocycles. The summed E-state index contributed by atoms with van der Waals surface area (Å²) in [7, 11) is 0. The van der Waals surface area contributed by atoms with E-state index in [4.69, 9.17) is 4.74 Å². The average Bonchev–Trinajstić information content (AvgIpc) is 2.88. The zero-order valence-electron chi connectivity index (χ0n) is 9.20. The number of imidazole rings is 1. The topological polar surface area (TPSA) is 49.9 Å². The van der Waals surface area contributed by atoms with Gasteiger partial charge in [0.1, 0.15) is 5.82 Å². The minimum atomic E-state index is 0.453. The zero-order valence-corrected chi connectivity index (χ0v) is 9.20. The van der Waals surface area contributed by atoms with Crippen molar-refractivity contribution in [1.82, 2.24) is 15.3 Å². The van der Waals surface area contributed by atoms with Crippen LogP contribution in [0.15, 0.2) is 12.4 Å². The second-order valence-corrected chi connectivity index (χ2v) is 4.03. The van der Waals surface area contributed by atoms with Crippen LogP contribution in [0.3, 0.4) is 0 Å². The molecule has 1 aromatic heterocycles. The van der Waals surface area contributed by atoms with Gasteiger partial charge in [0.05, 0.1) is 12.6 Å². The highest BCUT2D eigenvalue weighted by molar-refractivity contribution is 4.86. The number of nitrogens with zero attached hydrogens (tertiary/aromatic N) is 1. The Hall–Kier alpha value is -0.870. The maximum Gasteiger partial charge on any atom is 0.120 e. The minimum Gasteiger partial charge on any atom is -0.378 e. The number of nitrogens with one attached hydrogen (secondary N) is 2. The van der Waals surface area contributed by atoms with Gasteiger partial charge in [0, 0.05) is 25.5 Å². The lowest BCUT2D eigenvalue weighted by atomic mass is 10.00. The van der Waals surface area contributed by atoms with Gasteiger partial charge in [0.25, 0.3) is 0 Å². The highest BCUT2D eigenvalue weighted by atomic mass is 16.5. The van der Waals surface area contributed by atoms with E-state index >= 15 is 0 Å². The van der Waals surface area contributed by atoms with E-state index in [1.54, 1.807) is 6.20 Å². The molecule has 0 bridgehead atoms. The van der Waals surface area contributed by atoms with Gasteiger partial charge in [-0.25, -0.2) is 4.98 Å². The molecule has 0 spiro atoms. The third-order valence-corrected chi connectivity index (χ3v) is 3.00. The van der Waals surface area contributed by atoms with E-state index in [1.165, 1.54) is 6.42 Å². The van der Waals surface area contributed by atoms with E-state index in [0.29, 0.717) is 12.0 Å². The third kappa shape index (κ3) is 2.79. The van der Waals surface area contributed by atoms with Gasteiger partial charge in [-0.1, -0.05) is 6.92 Å². The fraction of sp³-hybridized carbons (Fsp3) is 0.727. The number of rotatable bonds is 5. The van der Waals surface area contributed by atoms with Crippen LogP contribution in [0.25, 0.3) is 0 Å². The normalized spacial score (nSPS) is 25.9. The van der Waals surface area contributed by atoms with Crippen molar-refractivity contribution in [3.8, 4) is 0 Å². The van der Waals surface area contributed by atoms with Gasteiger partial charge in [0.2, 0.25) is 0 Å². The number of aromatic nitrogens is 2. The first kappa shape index (κ1) is 10.6. The molecular formula is C11H19N3O. The van der Waals surface area contributed by atoms with Crippen LogP contribution in [0.2, 0.25) is 0 Å². The van der Waals surface area contributed by atoms with Crippen molar-refractivity contribution in [2.45, 2.75) is 32.4 Å². The molecule has 2 N–H and O–H groups in total. The van der Waals surface area contributed by atoms with Crippen LogP contribution in [-0.2, 0) is 11.3 Å². The molecule has 15 heavy (non-hydrogen) atoms. The predicted octanol–water partition coefficient (Wildman–Crippen LogP) is 1.31. The Morgan fingerprint density at radius 1 is 1.67 bits per heavy atom. The van der Waals surface area contributed by atoms with E-state index in [-0.39, 0.29) is 0 Å². The van der Waals surface area contributed by atoms with E-state index in [2.05, 4.69) is 22.2 Å². The molecule has 2 atom stereocenters. The molecule has 0 amide bonds. The average molecular weight is 209 g/mol. The molecule has 1 saturated heterocycles. The van der Waals surface area contributed by atoms with Crippen LogP contribution in [0, 0.1) is 5.92 Å². The summed E-state index contributed by atoms with van der Waals surface area (Å²) in [5.74, 6) is 1.67. The van der Waals surface area contributed by atoms with Gasteiger partial charge in [-0.2, -0.15) is 0 Å². The molecule has 1 aromatic rings. The van der Waals surface area contributed by atoms with E-state index in [9.17, 15) is 0 Å². The van der Waals surface area contributed by atoms with Crippen LogP contribution in [-0.4, -0.2) is 29.2 Å². The fourth-order valence-corrected chi connectivity index (χ4v) is 2.15. The Labute approximate surface area is 90.4 Å². The smallest absolute Gasteiger partial charge is 0.120 e. The minimum absolute atomic E-state index is 0.453. The molecule has 84 valence electrons. The van der Waals surface area contributed by atoms with Crippen LogP contribution in [0.5, 0.6) is 0 Å². The predicted molar refractivity (Wildman–Crippen MR) is 58.4 cm³/mol. The molecule has 2 rings (SSSR count). The van der Waals surface area contributed by atoms with Gasteiger partial charge in [0.15, 0.2) is 0 Å². The second-order valence-electron chi connectivity index (χ2n) is 4.03. The highest BCUT2D eigenvalue weighted by Crippen LogP contribution is 2.22. The van der Waals surface area contributed by atoms with Gasteiger partial charge in [-0.15, -0.1) is 0 Å². The molecule has 4 nitrogen and oxygen atoms in total. The van der Waals surface area contributed by atoms with Crippen LogP contribution < -0.4 is 5.32 Å². The van der Waals surface area contributed by atoms with Gasteiger partial charge in [-0.3, -0.25) is 0 Å². The standard InChI is InChI=1S/C11H19N3O/c1-2-10-9(3-6-15-10)7-12-8-11-13-4-5-14-11/h4-5,9-10,12H,2-3,6-8H2,1H3,(H,13,14). The van der Waals surface area contributed by atoms with Crippen molar-refractivity contribution in [2.24, 2.45) is 5.92 Å². The van der Waals surface area contributed by atoms with Gasteiger partial charge in [-0.05, 0) is 18.8 Å². The summed E-state index contributed by atoms with van der Waals surface area (Å²) in [6.07, 6.45) is 6.39. The van der Waals surface area contributed by atoms with Crippen molar-refractivity contribution in [3.63, 3.8) is 0 Å². The second kappa shape index (κ2) is 5.28. The summed E-state index contributed by atoms with van der Waals surface area (Å²) in [5, 5.41) is 3.42. The lowest BCUT2D eigenvalue weighted by Crippen LogP contribution is -2.28. The van der Waals surface area contributed by atoms with Crippen LogP contribution >= 0.6 is 0 Å². The van der Waals surface area contributed by atoms with Gasteiger partial charge < -0.3 is 15.0 Å². The summed E-state index contributed by atoms with van der Waals surface area (Å²) in [5.41, 5.74) is 0. The number of aromatic amines is 1.